The van der Waals surface area contributed by atoms with Crippen LogP contribution in [0.25, 0.3) is 5.52 Å². The zero-order valence-corrected chi connectivity index (χ0v) is 26.1. The zero-order chi connectivity index (χ0) is 32.9. The van der Waals surface area contributed by atoms with Gasteiger partial charge in [0.2, 0.25) is 5.60 Å². The number of carbonyl (C=O) groups excluding carboxylic acids is 3. The van der Waals surface area contributed by atoms with Crippen LogP contribution in [-0.2, 0) is 42.4 Å². The number of aromatic nitrogens is 2. The number of nitrogens with one attached hydrogen (secondary N) is 1. The number of hydrogen-bond acceptors (Lipinski definition) is 13. The van der Waals surface area contributed by atoms with E-state index in [-0.39, 0.29) is 5.75 Å². The highest BCUT2D eigenvalue weighted by molar-refractivity contribution is 7.52. The Kier molecular flexibility index (Phi) is 10.1. The summed E-state index contributed by atoms with van der Waals surface area (Å²) in [7, 11) is -4.50. The lowest BCUT2D eigenvalue weighted by atomic mass is 9.95. The Balaban J connectivity index is 1.74. The average molecular weight is 644 g/mol. The number of nitrogens with zero attached hydrogens (tertiary/aromatic N) is 3. The number of nitrogens with two attached hydrogens (primary N) is 1. The highest BCUT2D eigenvalue weighted by Crippen LogP contribution is 2.49. The largest absolute Gasteiger partial charge is 0.462 e. The number of anilines is 1. The standard InChI is InChI=1S/C29H34N5O10P/c1-17(2)40-28(37)18(3)33-45(38,44-21-9-7-6-8-10-21)39-16-29(15-30)27(42-20(5)36)26(41-19(4)35)25(43-29)24-12-11-23-22(31)13-14-32-34(23)24/h6-14,17-18,25-27H,16,31H2,1-5H3,(H,33,38)/t18-,25-,26-,27-,29+,45-/m0/s1. The molecule has 6 atom stereocenters. The summed E-state index contributed by atoms with van der Waals surface area (Å²) in [6, 6.07) is 13.6. The summed E-state index contributed by atoms with van der Waals surface area (Å²) in [5, 5.41) is 17.4. The van der Waals surface area contributed by atoms with E-state index in [0.717, 1.165) is 13.8 Å². The summed E-state index contributed by atoms with van der Waals surface area (Å²) < 4.78 is 49.6. The minimum Gasteiger partial charge on any atom is -0.462 e. The Morgan fingerprint density at radius 3 is 2.42 bits per heavy atom. The summed E-state index contributed by atoms with van der Waals surface area (Å²) in [5.74, 6) is -2.20. The first-order chi connectivity index (χ1) is 21.3. The van der Waals surface area contributed by atoms with E-state index in [1.807, 2.05) is 6.07 Å². The molecular weight excluding hydrogens is 609 g/mol. The van der Waals surface area contributed by atoms with Gasteiger partial charge in [-0.1, -0.05) is 18.2 Å². The Morgan fingerprint density at radius 1 is 1.11 bits per heavy atom. The normalized spacial score (nSPS) is 23.1. The fraction of sp³-hybridized carbons (Fsp3) is 0.414. The van der Waals surface area contributed by atoms with Crippen molar-refractivity contribution in [2.24, 2.45) is 0 Å². The molecule has 240 valence electrons. The van der Waals surface area contributed by atoms with E-state index in [1.165, 1.54) is 29.8 Å². The molecule has 0 amide bonds. The maximum absolute atomic E-state index is 14.2. The second-order valence-electron chi connectivity index (χ2n) is 10.5. The van der Waals surface area contributed by atoms with Gasteiger partial charge in [0, 0.05) is 20.0 Å². The first kappa shape index (κ1) is 33.4. The summed E-state index contributed by atoms with van der Waals surface area (Å²) in [6.07, 6.45) is -3.20. The van der Waals surface area contributed by atoms with Crippen LogP contribution in [0, 0.1) is 11.3 Å². The van der Waals surface area contributed by atoms with Crippen molar-refractivity contribution in [3.8, 4) is 11.8 Å². The van der Waals surface area contributed by atoms with Crippen molar-refractivity contribution in [2.75, 3.05) is 12.3 Å². The molecule has 0 radical (unpaired) electrons. The Hall–Kier alpha value is -4.48. The van der Waals surface area contributed by atoms with Crippen molar-refractivity contribution in [3.05, 3.63) is 60.4 Å². The van der Waals surface area contributed by atoms with Crippen molar-refractivity contribution in [3.63, 3.8) is 0 Å². The van der Waals surface area contributed by atoms with Crippen LogP contribution < -0.4 is 15.3 Å². The fourth-order valence-electron chi connectivity index (χ4n) is 4.70. The van der Waals surface area contributed by atoms with Crippen molar-refractivity contribution >= 4 is 36.9 Å². The minimum atomic E-state index is -4.50. The molecule has 0 bridgehead atoms. The van der Waals surface area contributed by atoms with Crippen molar-refractivity contribution in [1.82, 2.24) is 14.7 Å². The molecule has 0 unspecified atom stereocenters. The van der Waals surface area contributed by atoms with Crippen LogP contribution in [0.1, 0.15) is 46.4 Å². The third-order valence-electron chi connectivity index (χ3n) is 6.56. The SMILES string of the molecule is CC(=O)O[C@H]1[C@H](c2ccc3c(N)ccnn23)O[C@](C#N)(CO[P@@](=O)(N[C@@H](C)C(=O)OC(C)C)Oc2ccccc2)[C@H]1OC(C)=O. The molecule has 1 saturated heterocycles. The molecule has 3 N–H and O–H groups in total. The van der Waals surface area contributed by atoms with Crippen molar-refractivity contribution in [2.45, 2.75) is 70.7 Å². The monoisotopic (exact) mass is 643 g/mol. The van der Waals surface area contributed by atoms with Gasteiger partial charge in [0.1, 0.15) is 30.6 Å². The lowest BCUT2D eigenvalue weighted by Crippen LogP contribution is -2.49. The third-order valence-corrected chi connectivity index (χ3v) is 8.18. The average Bonchev–Trinajstić information content (AvgIpc) is 3.52. The first-order valence-corrected chi connectivity index (χ1v) is 15.4. The van der Waals surface area contributed by atoms with Crippen molar-refractivity contribution in [1.29, 1.82) is 5.26 Å². The molecule has 0 saturated carbocycles. The van der Waals surface area contributed by atoms with Crippen LogP contribution in [0.3, 0.4) is 0 Å². The quantitative estimate of drug-likeness (QED) is 0.165. The number of fused-ring (bicyclic) bond motifs is 1. The fourth-order valence-corrected chi connectivity index (χ4v) is 6.22. The molecule has 3 heterocycles. The Bertz CT molecular complexity index is 1640. The zero-order valence-electron chi connectivity index (χ0n) is 25.2. The van der Waals surface area contributed by atoms with Gasteiger partial charge in [0.05, 0.1) is 23.0 Å². The summed E-state index contributed by atoms with van der Waals surface area (Å²) >= 11 is 0. The van der Waals surface area contributed by atoms with Crippen LogP contribution in [-0.4, -0.2) is 64.1 Å². The number of nitriles is 1. The van der Waals surface area contributed by atoms with Crippen LogP contribution >= 0.6 is 7.75 Å². The number of nitrogen functional groups attached to an aromatic ring is 1. The molecule has 0 aliphatic carbocycles. The third kappa shape index (κ3) is 7.61. The van der Waals surface area contributed by atoms with Crippen LogP contribution in [0.5, 0.6) is 5.75 Å². The topological polar surface area (TPSA) is 203 Å². The van der Waals surface area contributed by atoms with E-state index in [2.05, 4.69) is 10.2 Å². The van der Waals surface area contributed by atoms with Gasteiger partial charge in [0.25, 0.3) is 0 Å². The summed E-state index contributed by atoms with van der Waals surface area (Å²) in [5.41, 5.74) is 5.08. The molecule has 45 heavy (non-hydrogen) atoms. The van der Waals surface area contributed by atoms with E-state index in [0.29, 0.717) is 16.9 Å². The molecule has 1 aliphatic heterocycles. The lowest BCUT2D eigenvalue weighted by Gasteiger charge is -2.30. The molecular formula is C29H34N5O10P. The molecule has 4 rings (SSSR count). The number of hydrogen-bond donors (Lipinski definition) is 2. The second kappa shape index (κ2) is 13.7. The van der Waals surface area contributed by atoms with Crippen LogP contribution in [0.2, 0.25) is 0 Å². The molecule has 16 heteroatoms. The molecule has 3 aromatic rings. The van der Waals surface area contributed by atoms with E-state index in [1.54, 1.807) is 50.2 Å². The van der Waals surface area contributed by atoms with Crippen molar-refractivity contribution < 1.29 is 46.9 Å². The Morgan fingerprint density at radius 2 is 1.80 bits per heavy atom. The smallest absolute Gasteiger partial charge is 0.459 e. The number of benzene rings is 1. The minimum absolute atomic E-state index is 0.117. The van der Waals surface area contributed by atoms with E-state index in [9.17, 15) is 24.2 Å². The maximum Gasteiger partial charge on any atom is 0.459 e. The van der Waals surface area contributed by atoms with Gasteiger partial charge in [-0.2, -0.15) is 15.4 Å². The molecule has 1 aromatic carbocycles. The second-order valence-corrected chi connectivity index (χ2v) is 12.2. The molecule has 15 nitrogen and oxygen atoms in total. The van der Waals surface area contributed by atoms with Gasteiger partial charge in [-0.15, -0.1) is 0 Å². The number of rotatable bonds is 12. The first-order valence-electron chi connectivity index (χ1n) is 13.9. The molecule has 1 fully saturated rings. The van der Waals surface area contributed by atoms with Crippen LogP contribution in [0.15, 0.2) is 54.7 Å². The summed E-state index contributed by atoms with van der Waals surface area (Å²) in [6.45, 7) is 6.10. The van der Waals surface area contributed by atoms with Gasteiger partial charge in [-0.05, 0) is 51.1 Å². The predicted molar refractivity (Wildman–Crippen MR) is 157 cm³/mol. The van der Waals surface area contributed by atoms with Gasteiger partial charge in [0.15, 0.2) is 12.2 Å². The van der Waals surface area contributed by atoms with Gasteiger partial charge >= 0.3 is 25.7 Å². The van der Waals surface area contributed by atoms with Gasteiger partial charge < -0.3 is 29.2 Å². The lowest BCUT2D eigenvalue weighted by molar-refractivity contribution is -0.166. The van der Waals surface area contributed by atoms with E-state index < -0.39 is 68.3 Å². The molecule has 1 aliphatic rings. The van der Waals surface area contributed by atoms with E-state index in [4.69, 9.17) is 33.7 Å². The summed E-state index contributed by atoms with van der Waals surface area (Å²) in [4.78, 5) is 37.1. The maximum atomic E-state index is 14.2. The highest BCUT2D eigenvalue weighted by atomic mass is 31.2. The Labute approximate surface area is 259 Å². The van der Waals surface area contributed by atoms with Crippen LogP contribution in [0.4, 0.5) is 5.69 Å². The number of para-hydroxylation sites is 1. The van der Waals surface area contributed by atoms with Gasteiger partial charge in [-0.25, -0.2) is 9.08 Å². The highest BCUT2D eigenvalue weighted by Gasteiger charge is 2.62. The number of ether oxygens (including phenoxy) is 4. The predicted octanol–water partition coefficient (Wildman–Crippen LogP) is 3.25. The number of carbonyl (C=O) groups is 3. The number of esters is 3. The van der Waals surface area contributed by atoms with Gasteiger partial charge in [-0.3, -0.25) is 18.9 Å². The van der Waals surface area contributed by atoms with E-state index >= 15 is 0 Å². The molecule has 2 aromatic heterocycles. The molecule has 0 spiro atoms.